The van der Waals surface area contributed by atoms with Gasteiger partial charge in [0.1, 0.15) is 9.84 Å². The Balaban J connectivity index is 2.80. The summed E-state index contributed by atoms with van der Waals surface area (Å²) in [5.74, 6) is -0.455. The summed E-state index contributed by atoms with van der Waals surface area (Å²) in [5, 5.41) is 2.62. The van der Waals surface area contributed by atoms with Gasteiger partial charge in [-0.25, -0.2) is 8.42 Å². The number of rotatable bonds is 4. The standard InChI is InChI=1S/C11H15BrN2O3S/c1-7(6-18(2,16)17)14-11(15)8-4-3-5-9(13)10(8)12/h3-5,7H,6,13H2,1-2H3,(H,14,15). The molecule has 0 aliphatic carbocycles. The number of halogens is 1. The molecule has 1 unspecified atom stereocenters. The van der Waals surface area contributed by atoms with Crippen molar-refractivity contribution in [1.82, 2.24) is 5.32 Å². The van der Waals surface area contributed by atoms with Gasteiger partial charge in [0.15, 0.2) is 0 Å². The average molecular weight is 335 g/mol. The number of carbonyl (C=O) groups is 1. The fourth-order valence-corrected chi connectivity index (χ4v) is 2.96. The first-order valence-electron chi connectivity index (χ1n) is 5.23. The first-order chi connectivity index (χ1) is 8.20. The fourth-order valence-electron chi connectivity index (χ4n) is 1.52. The van der Waals surface area contributed by atoms with E-state index in [1.54, 1.807) is 25.1 Å². The van der Waals surface area contributed by atoms with Crippen LogP contribution in [0.2, 0.25) is 0 Å². The van der Waals surface area contributed by atoms with Crippen molar-refractivity contribution in [2.75, 3.05) is 17.7 Å². The Morgan fingerprint density at radius 1 is 1.50 bits per heavy atom. The molecule has 0 aromatic heterocycles. The Kier molecular flexibility index (Phi) is 4.75. The van der Waals surface area contributed by atoms with Gasteiger partial charge in [0, 0.05) is 18.0 Å². The Hall–Kier alpha value is -1.08. The fraction of sp³-hybridized carbons (Fsp3) is 0.364. The number of nitrogens with one attached hydrogen (secondary N) is 1. The summed E-state index contributed by atoms with van der Waals surface area (Å²) in [6, 6.07) is 4.49. The minimum absolute atomic E-state index is 0.0985. The van der Waals surface area contributed by atoms with E-state index in [2.05, 4.69) is 21.2 Å². The second-order valence-corrected chi connectivity index (χ2v) is 7.15. The van der Waals surface area contributed by atoms with Crippen molar-refractivity contribution in [3.05, 3.63) is 28.2 Å². The lowest BCUT2D eigenvalue weighted by atomic mass is 10.2. The highest BCUT2D eigenvalue weighted by Gasteiger charge is 2.16. The second kappa shape index (κ2) is 5.71. The maximum Gasteiger partial charge on any atom is 0.252 e. The second-order valence-electron chi connectivity index (χ2n) is 4.18. The minimum Gasteiger partial charge on any atom is -0.398 e. The average Bonchev–Trinajstić information content (AvgIpc) is 2.18. The van der Waals surface area contributed by atoms with Crippen LogP contribution in [-0.4, -0.2) is 32.4 Å². The van der Waals surface area contributed by atoms with Crippen molar-refractivity contribution < 1.29 is 13.2 Å². The maximum atomic E-state index is 11.9. The Morgan fingerprint density at radius 2 is 2.11 bits per heavy atom. The summed E-state index contributed by atoms with van der Waals surface area (Å²) in [6.45, 7) is 1.64. The van der Waals surface area contributed by atoms with Crippen LogP contribution in [0.1, 0.15) is 17.3 Å². The van der Waals surface area contributed by atoms with Crippen LogP contribution in [0.5, 0.6) is 0 Å². The molecule has 1 rings (SSSR count). The molecule has 3 N–H and O–H groups in total. The summed E-state index contributed by atoms with van der Waals surface area (Å²) in [7, 11) is -3.12. The van der Waals surface area contributed by atoms with Crippen LogP contribution in [0.25, 0.3) is 0 Å². The number of nitrogens with two attached hydrogens (primary N) is 1. The largest absolute Gasteiger partial charge is 0.398 e. The molecule has 0 aliphatic heterocycles. The molecular weight excluding hydrogens is 320 g/mol. The van der Waals surface area contributed by atoms with E-state index in [0.29, 0.717) is 15.7 Å². The van der Waals surface area contributed by atoms with Crippen LogP contribution in [-0.2, 0) is 9.84 Å². The first-order valence-corrected chi connectivity index (χ1v) is 8.08. The topological polar surface area (TPSA) is 89.3 Å². The molecule has 0 saturated carbocycles. The van der Waals surface area contributed by atoms with Gasteiger partial charge < -0.3 is 11.1 Å². The molecule has 7 heteroatoms. The van der Waals surface area contributed by atoms with E-state index in [1.807, 2.05) is 0 Å². The Bertz CT molecular complexity index is 557. The molecular formula is C11H15BrN2O3S. The van der Waals surface area contributed by atoms with Gasteiger partial charge in [-0.1, -0.05) is 6.07 Å². The van der Waals surface area contributed by atoms with Gasteiger partial charge in [-0.3, -0.25) is 4.79 Å². The van der Waals surface area contributed by atoms with Crippen molar-refractivity contribution in [2.45, 2.75) is 13.0 Å². The van der Waals surface area contributed by atoms with Crippen LogP contribution >= 0.6 is 15.9 Å². The zero-order valence-electron chi connectivity index (χ0n) is 10.1. The first kappa shape index (κ1) is 15.0. The van der Waals surface area contributed by atoms with E-state index < -0.39 is 15.9 Å². The van der Waals surface area contributed by atoms with Gasteiger partial charge in [-0.15, -0.1) is 0 Å². The van der Waals surface area contributed by atoms with Gasteiger partial charge in [-0.05, 0) is 35.0 Å². The summed E-state index contributed by atoms with van der Waals surface area (Å²) in [5.41, 5.74) is 6.51. The molecule has 100 valence electrons. The predicted octanol–water partition coefficient (Wildman–Crippen LogP) is 1.19. The molecule has 1 atom stereocenters. The molecule has 0 spiro atoms. The summed E-state index contributed by atoms with van der Waals surface area (Å²) in [4.78, 5) is 11.9. The molecule has 0 bridgehead atoms. The lowest BCUT2D eigenvalue weighted by molar-refractivity contribution is 0.0943. The van der Waals surface area contributed by atoms with Crippen molar-refractivity contribution >= 4 is 37.4 Å². The van der Waals surface area contributed by atoms with Crippen LogP contribution in [0.4, 0.5) is 5.69 Å². The molecule has 0 radical (unpaired) electrons. The maximum absolute atomic E-state index is 11.9. The zero-order valence-corrected chi connectivity index (χ0v) is 12.5. The number of hydrogen-bond donors (Lipinski definition) is 2. The van der Waals surface area contributed by atoms with Crippen LogP contribution < -0.4 is 11.1 Å². The van der Waals surface area contributed by atoms with E-state index in [1.165, 1.54) is 0 Å². The van der Waals surface area contributed by atoms with E-state index >= 15 is 0 Å². The number of carbonyl (C=O) groups excluding carboxylic acids is 1. The minimum atomic E-state index is -3.12. The van der Waals surface area contributed by atoms with Crippen molar-refractivity contribution in [3.63, 3.8) is 0 Å². The number of anilines is 1. The number of hydrogen-bond acceptors (Lipinski definition) is 4. The monoisotopic (exact) mass is 334 g/mol. The summed E-state index contributed by atoms with van der Waals surface area (Å²) >= 11 is 3.23. The molecule has 1 aromatic carbocycles. The quantitative estimate of drug-likeness (QED) is 0.809. The van der Waals surface area contributed by atoms with Crippen molar-refractivity contribution in [2.24, 2.45) is 0 Å². The van der Waals surface area contributed by atoms with Crippen LogP contribution in [0.3, 0.4) is 0 Å². The van der Waals surface area contributed by atoms with E-state index in [-0.39, 0.29) is 11.7 Å². The van der Waals surface area contributed by atoms with Gasteiger partial charge in [0.25, 0.3) is 5.91 Å². The molecule has 1 aromatic rings. The van der Waals surface area contributed by atoms with E-state index in [9.17, 15) is 13.2 Å². The summed E-state index contributed by atoms with van der Waals surface area (Å²) < 4.78 is 22.7. The molecule has 0 heterocycles. The van der Waals surface area contributed by atoms with Gasteiger partial charge in [0.05, 0.1) is 15.8 Å². The molecule has 5 nitrogen and oxygen atoms in total. The third-order valence-electron chi connectivity index (χ3n) is 2.20. The molecule has 0 aliphatic rings. The van der Waals surface area contributed by atoms with Crippen LogP contribution in [0.15, 0.2) is 22.7 Å². The summed E-state index contributed by atoms with van der Waals surface area (Å²) in [6.07, 6.45) is 1.13. The van der Waals surface area contributed by atoms with E-state index in [0.717, 1.165) is 6.26 Å². The highest BCUT2D eigenvalue weighted by molar-refractivity contribution is 9.10. The SMILES string of the molecule is CC(CS(C)(=O)=O)NC(=O)c1cccc(N)c1Br. The molecule has 1 amide bonds. The molecule has 0 saturated heterocycles. The number of sulfone groups is 1. The molecule has 18 heavy (non-hydrogen) atoms. The highest BCUT2D eigenvalue weighted by Crippen LogP contribution is 2.23. The van der Waals surface area contributed by atoms with Crippen molar-refractivity contribution in [3.8, 4) is 0 Å². The zero-order chi connectivity index (χ0) is 13.9. The smallest absolute Gasteiger partial charge is 0.252 e. The lowest BCUT2D eigenvalue weighted by Gasteiger charge is -2.14. The molecule has 0 fully saturated rings. The predicted molar refractivity (Wildman–Crippen MR) is 75.2 cm³/mol. The third kappa shape index (κ3) is 4.30. The Labute approximate surface area is 115 Å². The van der Waals surface area contributed by atoms with Gasteiger partial charge >= 0.3 is 0 Å². The van der Waals surface area contributed by atoms with Crippen LogP contribution in [0, 0.1) is 0 Å². The third-order valence-corrected chi connectivity index (χ3v) is 4.19. The number of benzene rings is 1. The normalized spacial score (nSPS) is 13.1. The highest BCUT2D eigenvalue weighted by atomic mass is 79.9. The lowest BCUT2D eigenvalue weighted by Crippen LogP contribution is -2.37. The van der Waals surface area contributed by atoms with E-state index in [4.69, 9.17) is 5.73 Å². The Morgan fingerprint density at radius 3 is 2.67 bits per heavy atom. The number of nitrogen functional groups attached to an aromatic ring is 1. The van der Waals surface area contributed by atoms with Crippen molar-refractivity contribution in [1.29, 1.82) is 0 Å². The van der Waals surface area contributed by atoms with Gasteiger partial charge in [-0.2, -0.15) is 0 Å². The van der Waals surface area contributed by atoms with Gasteiger partial charge in [0.2, 0.25) is 0 Å². The number of amides is 1.